The maximum atomic E-state index is 10.1. The van der Waals surface area contributed by atoms with Gasteiger partial charge in [-0.15, -0.1) is 0 Å². The van der Waals surface area contributed by atoms with Crippen molar-refractivity contribution in [2.45, 2.75) is 24.5 Å². The second kappa shape index (κ2) is 5.07. The molecule has 0 aromatic carbocycles. The highest BCUT2D eigenvalue weighted by molar-refractivity contribution is 14.1. The molecule has 0 spiro atoms. The highest BCUT2D eigenvalue weighted by Crippen LogP contribution is 2.33. The van der Waals surface area contributed by atoms with Crippen molar-refractivity contribution in [2.24, 2.45) is 0 Å². The van der Waals surface area contributed by atoms with Crippen molar-refractivity contribution in [2.75, 3.05) is 12.3 Å². The minimum absolute atomic E-state index is 0.283. The van der Waals surface area contributed by atoms with Gasteiger partial charge in [-0.1, -0.05) is 0 Å². The lowest BCUT2D eigenvalue weighted by Gasteiger charge is -2.17. The number of aromatic nitrogens is 3. The fourth-order valence-electron chi connectivity index (χ4n) is 2.34. The number of nitrogen functional groups attached to an aromatic ring is 1. The van der Waals surface area contributed by atoms with Crippen LogP contribution in [0.1, 0.15) is 6.23 Å². The zero-order valence-electron chi connectivity index (χ0n) is 10.2. The molecule has 9 heteroatoms. The second-order valence-corrected chi connectivity index (χ2v) is 5.73. The standard InChI is InChI=1S/C11H13IN4O4/c12-4-1-14-10(13)6-7(4)16(3-15-6)11-9(19)8(18)5(2-17)20-11/h1,3,5,8-9,11,17-19H,2H2,(H2,13,14)/t5-,8-,9-,11-/m1/s1. The summed E-state index contributed by atoms with van der Waals surface area (Å²) in [6, 6.07) is 0. The number of pyridine rings is 1. The van der Waals surface area contributed by atoms with Crippen LogP contribution in [0.4, 0.5) is 5.82 Å². The first kappa shape index (κ1) is 13.9. The van der Waals surface area contributed by atoms with Crippen molar-refractivity contribution in [1.29, 1.82) is 0 Å². The molecule has 1 fully saturated rings. The predicted octanol–water partition coefficient (Wildman–Crippen LogP) is -0.770. The van der Waals surface area contributed by atoms with Gasteiger partial charge in [0.1, 0.15) is 23.8 Å². The van der Waals surface area contributed by atoms with E-state index in [9.17, 15) is 10.2 Å². The zero-order chi connectivity index (χ0) is 14.4. The van der Waals surface area contributed by atoms with Crippen LogP contribution >= 0.6 is 22.6 Å². The van der Waals surface area contributed by atoms with E-state index < -0.39 is 24.5 Å². The molecule has 1 saturated heterocycles. The molecule has 3 heterocycles. The highest BCUT2D eigenvalue weighted by atomic mass is 127. The molecule has 20 heavy (non-hydrogen) atoms. The average Bonchev–Trinajstić information content (AvgIpc) is 2.99. The predicted molar refractivity (Wildman–Crippen MR) is 77.7 cm³/mol. The molecule has 5 N–H and O–H groups in total. The van der Waals surface area contributed by atoms with E-state index in [0.29, 0.717) is 11.0 Å². The number of aliphatic hydroxyl groups is 3. The first-order valence-electron chi connectivity index (χ1n) is 5.93. The number of nitrogens with two attached hydrogens (primary N) is 1. The van der Waals surface area contributed by atoms with Gasteiger partial charge in [0.05, 0.1) is 22.0 Å². The molecular weight excluding hydrogens is 379 g/mol. The monoisotopic (exact) mass is 392 g/mol. The van der Waals surface area contributed by atoms with Crippen molar-refractivity contribution < 1.29 is 20.1 Å². The SMILES string of the molecule is Nc1ncc(I)c2c1ncn2[C@@H]1O[C@H](CO)[C@@H](O)[C@H]1O. The van der Waals surface area contributed by atoms with Gasteiger partial charge >= 0.3 is 0 Å². The van der Waals surface area contributed by atoms with Gasteiger partial charge in [-0.3, -0.25) is 4.57 Å². The van der Waals surface area contributed by atoms with Gasteiger partial charge < -0.3 is 25.8 Å². The molecule has 2 aromatic rings. The summed E-state index contributed by atoms with van der Waals surface area (Å²) in [5, 5.41) is 29.0. The number of hydrogen-bond acceptors (Lipinski definition) is 7. The Morgan fingerprint density at radius 3 is 2.75 bits per heavy atom. The first-order valence-corrected chi connectivity index (χ1v) is 7.01. The van der Waals surface area contributed by atoms with E-state index in [1.54, 1.807) is 10.8 Å². The van der Waals surface area contributed by atoms with Crippen LogP contribution in [0.25, 0.3) is 11.0 Å². The molecule has 0 saturated carbocycles. The minimum atomic E-state index is -1.16. The number of anilines is 1. The van der Waals surface area contributed by atoms with Gasteiger partial charge in [0, 0.05) is 6.20 Å². The van der Waals surface area contributed by atoms with Crippen LogP contribution < -0.4 is 5.73 Å². The summed E-state index contributed by atoms with van der Waals surface area (Å²) in [6.07, 6.45) is -0.899. The van der Waals surface area contributed by atoms with Crippen molar-refractivity contribution in [3.63, 3.8) is 0 Å². The van der Waals surface area contributed by atoms with Crippen molar-refractivity contribution in [1.82, 2.24) is 14.5 Å². The van der Waals surface area contributed by atoms with E-state index in [1.165, 1.54) is 6.33 Å². The Kier molecular flexibility index (Phi) is 3.54. The van der Waals surface area contributed by atoms with Crippen molar-refractivity contribution in [3.05, 3.63) is 16.1 Å². The number of rotatable bonds is 2. The summed E-state index contributed by atoms with van der Waals surface area (Å²) in [7, 11) is 0. The molecule has 8 nitrogen and oxygen atoms in total. The number of nitrogens with zero attached hydrogens (tertiary/aromatic N) is 3. The molecule has 1 aliphatic rings. The summed E-state index contributed by atoms with van der Waals surface area (Å²) in [5.41, 5.74) is 6.95. The number of hydrogen-bond donors (Lipinski definition) is 4. The molecule has 0 bridgehead atoms. The molecule has 0 radical (unpaired) electrons. The lowest BCUT2D eigenvalue weighted by molar-refractivity contribution is -0.0509. The Balaban J connectivity index is 2.10. The van der Waals surface area contributed by atoms with Gasteiger partial charge in [-0.05, 0) is 22.6 Å². The minimum Gasteiger partial charge on any atom is -0.394 e. The van der Waals surface area contributed by atoms with Crippen LogP contribution in [0, 0.1) is 3.57 Å². The van der Waals surface area contributed by atoms with Crippen LogP contribution in [0.3, 0.4) is 0 Å². The van der Waals surface area contributed by atoms with Crippen LogP contribution in [0.15, 0.2) is 12.5 Å². The van der Waals surface area contributed by atoms with E-state index in [1.807, 2.05) is 0 Å². The molecule has 108 valence electrons. The third-order valence-electron chi connectivity index (χ3n) is 3.37. The summed E-state index contributed by atoms with van der Waals surface area (Å²) in [4.78, 5) is 8.18. The molecule has 0 unspecified atom stereocenters. The Morgan fingerprint density at radius 1 is 1.35 bits per heavy atom. The first-order chi connectivity index (χ1) is 9.54. The molecule has 3 rings (SSSR count). The van der Waals surface area contributed by atoms with E-state index >= 15 is 0 Å². The Hall–Kier alpha value is -1.01. The Bertz CT molecular complexity index is 649. The van der Waals surface area contributed by atoms with E-state index in [-0.39, 0.29) is 12.4 Å². The molecular formula is C11H13IN4O4. The Labute approximate surface area is 127 Å². The van der Waals surface area contributed by atoms with Crippen LogP contribution in [-0.2, 0) is 4.74 Å². The van der Waals surface area contributed by atoms with Crippen molar-refractivity contribution in [3.8, 4) is 0 Å². The van der Waals surface area contributed by atoms with Gasteiger partial charge in [0.15, 0.2) is 12.0 Å². The number of halogens is 1. The molecule has 0 amide bonds. The fourth-order valence-corrected chi connectivity index (χ4v) is 3.01. The number of fused-ring (bicyclic) bond motifs is 1. The number of imidazole rings is 1. The molecule has 2 aromatic heterocycles. The lowest BCUT2D eigenvalue weighted by Crippen LogP contribution is -2.33. The Morgan fingerprint density at radius 2 is 2.10 bits per heavy atom. The molecule has 1 aliphatic heterocycles. The lowest BCUT2D eigenvalue weighted by atomic mass is 10.1. The topological polar surface area (TPSA) is 127 Å². The third-order valence-corrected chi connectivity index (χ3v) is 4.16. The summed E-state index contributed by atoms with van der Waals surface area (Å²) < 4.78 is 7.88. The van der Waals surface area contributed by atoms with Crippen LogP contribution in [0.2, 0.25) is 0 Å². The van der Waals surface area contributed by atoms with E-state index in [2.05, 4.69) is 32.6 Å². The average molecular weight is 392 g/mol. The third kappa shape index (κ3) is 1.97. The summed E-state index contributed by atoms with van der Waals surface area (Å²) in [5.74, 6) is 0.283. The molecule has 0 aliphatic carbocycles. The van der Waals surface area contributed by atoms with Gasteiger partial charge in [0.2, 0.25) is 0 Å². The fraction of sp³-hybridized carbons (Fsp3) is 0.455. The number of aliphatic hydroxyl groups excluding tert-OH is 3. The van der Waals surface area contributed by atoms with Crippen LogP contribution in [0.5, 0.6) is 0 Å². The smallest absolute Gasteiger partial charge is 0.164 e. The maximum absolute atomic E-state index is 10.1. The summed E-state index contributed by atoms with van der Waals surface area (Å²) in [6.45, 7) is -0.373. The number of ether oxygens (including phenoxy) is 1. The van der Waals surface area contributed by atoms with Gasteiger partial charge in [-0.2, -0.15) is 0 Å². The molecule has 4 atom stereocenters. The largest absolute Gasteiger partial charge is 0.394 e. The zero-order valence-corrected chi connectivity index (χ0v) is 12.4. The van der Waals surface area contributed by atoms with Gasteiger partial charge in [0.25, 0.3) is 0 Å². The normalized spacial score (nSPS) is 30.2. The summed E-state index contributed by atoms with van der Waals surface area (Å²) >= 11 is 2.08. The quantitative estimate of drug-likeness (QED) is 0.495. The van der Waals surface area contributed by atoms with Crippen LogP contribution in [-0.4, -0.2) is 54.8 Å². The second-order valence-electron chi connectivity index (χ2n) is 4.57. The van der Waals surface area contributed by atoms with Gasteiger partial charge in [-0.25, -0.2) is 9.97 Å². The van der Waals surface area contributed by atoms with E-state index in [0.717, 1.165) is 3.57 Å². The van der Waals surface area contributed by atoms with E-state index in [4.69, 9.17) is 15.6 Å². The maximum Gasteiger partial charge on any atom is 0.164 e. The van der Waals surface area contributed by atoms with Crippen molar-refractivity contribution >= 4 is 39.4 Å². The highest BCUT2D eigenvalue weighted by Gasteiger charge is 2.43.